The van der Waals surface area contributed by atoms with Crippen molar-refractivity contribution in [3.63, 3.8) is 0 Å². The first kappa shape index (κ1) is 14.0. The van der Waals surface area contributed by atoms with E-state index in [1.807, 2.05) is 12.1 Å². The van der Waals surface area contributed by atoms with Crippen molar-refractivity contribution in [2.24, 2.45) is 0 Å². The SMILES string of the molecule is O=C(Cl)c1cccc(Cc2n[nH]c(=O)c3c2CCCC3)c1. The summed E-state index contributed by atoms with van der Waals surface area (Å²) in [7, 11) is 0. The van der Waals surface area contributed by atoms with E-state index in [9.17, 15) is 9.59 Å². The van der Waals surface area contributed by atoms with Crippen molar-refractivity contribution in [2.75, 3.05) is 0 Å². The van der Waals surface area contributed by atoms with Crippen LogP contribution in [0.1, 0.15) is 45.6 Å². The molecule has 0 saturated carbocycles. The number of halogens is 1. The molecule has 0 saturated heterocycles. The molecular weight excluding hydrogens is 288 g/mol. The first-order chi connectivity index (χ1) is 10.1. The maximum absolute atomic E-state index is 11.8. The Hall–Kier alpha value is -1.94. The van der Waals surface area contributed by atoms with Gasteiger partial charge in [-0.05, 0) is 54.5 Å². The fourth-order valence-corrected chi connectivity index (χ4v) is 2.99. The average molecular weight is 303 g/mol. The minimum Gasteiger partial charge on any atom is -0.276 e. The molecule has 21 heavy (non-hydrogen) atoms. The second-order valence-electron chi connectivity index (χ2n) is 5.31. The molecule has 3 rings (SSSR count). The van der Waals surface area contributed by atoms with E-state index >= 15 is 0 Å². The third-order valence-corrected chi connectivity index (χ3v) is 4.13. The summed E-state index contributed by atoms with van der Waals surface area (Å²) in [5, 5.41) is 6.33. The molecule has 1 aliphatic carbocycles. The summed E-state index contributed by atoms with van der Waals surface area (Å²) in [5.41, 5.74) is 4.21. The lowest BCUT2D eigenvalue weighted by Gasteiger charge is -2.17. The Morgan fingerprint density at radius 3 is 2.76 bits per heavy atom. The summed E-state index contributed by atoms with van der Waals surface area (Å²) in [6.45, 7) is 0. The number of aromatic nitrogens is 2. The van der Waals surface area contributed by atoms with Crippen LogP contribution >= 0.6 is 11.6 Å². The monoisotopic (exact) mass is 302 g/mol. The van der Waals surface area contributed by atoms with E-state index in [1.54, 1.807) is 12.1 Å². The molecule has 0 radical (unpaired) electrons. The predicted molar refractivity (Wildman–Crippen MR) is 80.9 cm³/mol. The number of H-pyrrole nitrogens is 1. The number of hydrogen-bond donors (Lipinski definition) is 1. The van der Waals surface area contributed by atoms with Gasteiger partial charge in [0.2, 0.25) is 0 Å². The van der Waals surface area contributed by atoms with Crippen molar-refractivity contribution < 1.29 is 4.79 Å². The van der Waals surface area contributed by atoms with Gasteiger partial charge in [-0.25, -0.2) is 5.10 Å². The van der Waals surface area contributed by atoms with E-state index in [0.29, 0.717) is 12.0 Å². The molecule has 0 bridgehead atoms. The molecule has 1 heterocycles. The van der Waals surface area contributed by atoms with E-state index in [-0.39, 0.29) is 5.56 Å². The fraction of sp³-hybridized carbons (Fsp3) is 0.312. The molecule has 0 amide bonds. The highest BCUT2D eigenvalue weighted by molar-refractivity contribution is 6.67. The van der Waals surface area contributed by atoms with E-state index in [4.69, 9.17) is 11.6 Å². The molecule has 0 spiro atoms. The van der Waals surface area contributed by atoms with Gasteiger partial charge in [-0.3, -0.25) is 9.59 Å². The standard InChI is InChI=1S/C16H15ClN2O2/c17-15(20)11-5-3-4-10(8-11)9-14-12-6-1-2-7-13(12)16(21)19-18-14/h3-5,8H,1-2,6-7,9H2,(H,19,21). The zero-order valence-corrected chi connectivity index (χ0v) is 12.2. The highest BCUT2D eigenvalue weighted by Gasteiger charge is 2.18. The lowest BCUT2D eigenvalue weighted by atomic mass is 9.90. The van der Waals surface area contributed by atoms with Gasteiger partial charge < -0.3 is 0 Å². The van der Waals surface area contributed by atoms with Gasteiger partial charge in [0.15, 0.2) is 0 Å². The van der Waals surface area contributed by atoms with Crippen LogP contribution in [0.4, 0.5) is 0 Å². The minimum absolute atomic E-state index is 0.0712. The van der Waals surface area contributed by atoms with Crippen LogP contribution in [-0.4, -0.2) is 15.4 Å². The number of aromatic amines is 1. The Bertz CT molecular complexity index is 752. The molecule has 0 atom stereocenters. The Kier molecular flexibility index (Phi) is 3.88. The lowest BCUT2D eigenvalue weighted by Crippen LogP contribution is -2.23. The van der Waals surface area contributed by atoms with Gasteiger partial charge in [0.05, 0.1) is 5.69 Å². The Morgan fingerprint density at radius 1 is 1.24 bits per heavy atom. The van der Waals surface area contributed by atoms with Crippen molar-refractivity contribution >= 4 is 16.8 Å². The largest absolute Gasteiger partial charge is 0.276 e. The van der Waals surface area contributed by atoms with E-state index < -0.39 is 5.24 Å². The van der Waals surface area contributed by atoms with Crippen LogP contribution in [0, 0.1) is 0 Å². The zero-order chi connectivity index (χ0) is 14.8. The van der Waals surface area contributed by atoms with Crippen LogP contribution in [0.25, 0.3) is 0 Å². The van der Waals surface area contributed by atoms with Crippen LogP contribution in [0.2, 0.25) is 0 Å². The van der Waals surface area contributed by atoms with Gasteiger partial charge in [0, 0.05) is 17.5 Å². The Morgan fingerprint density at radius 2 is 2.00 bits per heavy atom. The summed E-state index contributed by atoms with van der Waals surface area (Å²) >= 11 is 5.51. The second-order valence-corrected chi connectivity index (χ2v) is 5.66. The number of hydrogen-bond acceptors (Lipinski definition) is 3. The van der Waals surface area contributed by atoms with Crippen molar-refractivity contribution in [1.29, 1.82) is 0 Å². The van der Waals surface area contributed by atoms with Crippen LogP contribution < -0.4 is 5.56 Å². The number of rotatable bonds is 3. The third kappa shape index (κ3) is 2.90. The fourth-order valence-electron chi connectivity index (χ4n) is 2.87. The maximum Gasteiger partial charge on any atom is 0.267 e. The summed E-state index contributed by atoms with van der Waals surface area (Å²) in [6.07, 6.45) is 4.45. The van der Waals surface area contributed by atoms with Crippen molar-refractivity contribution in [1.82, 2.24) is 10.2 Å². The quantitative estimate of drug-likeness (QED) is 0.887. The maximum atomic E-state index is 11.8. The molecule has 1 aromatic heterocycles. The molecule has 1 aromatic carbocycles. The topological polar surface area (TPSA) is 62.8 Å². The molecule has 5 heteroatoms. The smallest absolute Gasteiger partial charge is 0.267 e. The summed E-state index contributed by atoms with van der Waals surface area (Å²) in [4.78, 5) is 23.1. The Balaban J connectivity index is 1.97. The van der Waals surface area contributed by atoms with Crippen molar-refractivity contribution in [3.05, 3.63) is 62.6 Å². The molecule has 2 aromatic rings. The van der Waals surface area contributed by atoms with Gasteiger partial charge in [-0.2, -0.15) is 5.10 Å². The lowest BCUT2D eigenvalue weighted by molar-refractivity contribution is 0.108. The average Bonchev–Trinajstić information content (AvgIpc) is 2.51. The summed E-state index contributed by atoms with van der Waals surface area (Å²) in [5.74, 6) is 0. The Labute approximate surface area is 127 Å². The third-order valence-electron chi connectivity index (χ3n) is 3.91. The van der Waals surface area contributed by atoms with E-state index in [2.05, 4.69) is 10.2 Å². The van der Waals surface area contributed by atoms with Gasteiger partial charge in [0.1, 0.15) is 0 Å². The molecule has 0 aliphatic heterocycles. The van der Waals surface area contributed by atoms with Crippen LogP contribution in [0.15, 0.2) is 29.1 Å². The predicted octanol–water partition coefficient (Wildman–Crippen LogP) is 2.62. The first-order valence-corrected chi connectivity index (χ1v) is 7.41. The molecule has 0 unspecified atom stereocenters. The molecule has 0 fully saturated rings. The van der Waals surface area contributed by atoms with Crippen LogP contribution in [-0.2, 0) is 19.3 Å². The van der Waals surface area contributed by atoms with Gasteiger partial charge in [0.25, 0.3) is 10.8 Å². The first-order valence-electron chi connectivity index (χ1n) is 7.03. The minimum atomic E-state index is -0.465. The number of carbonyl (C=O) groups is 1. The second kappa shape index (κ2) is 5.82. The summed E-state index contributed by atoms with van der Waals surface area (Å²) in [6, 6.07) is 7.21. The van der Waals surface area contributed by atoms with Crippen molar-refractivity contribution in [2.45, 2.75) is 32.1 Å². The van der Waals surface area contributed by atoms with Crippen LogP contribution in [0.3, 0.4) is 0 Å². The normalized spacial score (nSPS) is 13.8. The highest BCUT2D eigenvalue weighted by atomic mass is 35.5. The molecule has 4 nitrogen and oxygen atoms in total. The molecule has 108 valence electrons. The number of nitrogens with zero attached hydrogens (tertiary/aromatic N) is 1. The molecular formula is C16H15ClN2O2. The zero-order valence-electron chi connectivity index (χ0n) is 11.5. The number of carbonyl (C=O) groups excluding carboxylic acids is 1. The highest BCUT2D eigenvalue weighted by Crippen LogP contribution is 2.22. The van der Waals surface area contributed by atoms with Gasteiger partial charge >= 0.3 is 0 Å². The number of nitrogens with one attached hydrogen (secondary N) is 1. The van der Waals surface area contributed by atoms with Gasteiger partial charge in [-0.15, -0.1) is 0 Å². The molecule has 1 N–H and O–H groups in total. The summed E-state index contributed by atoms with van der Waals surface area (Å²) < 4.78 is 0. The molecule has 1 aliphatic rings. The number of benzene rings is 1. The van der Waals surface area contributed by atoms with Crippen LogP contribution in [0.5, 0.6) is 0 Å². The number of fused-ring (bicyclic) bond motifs is 1. The van der Waals surface area contributed by atoms with Gasteiger partial charge in [-0.1, -0.05) is 18.2 Å². The van der Waals surface area contributed by atoms with Crippen molar-refractivity contribution in [3.8, 4) is 0 Å². The van der Waals surface area contributed by atoms with E-state index in [1.165, 1.54) is 0 Å². The van der Waals surface area contributed by atoms with E-state index in [0.717, 1.165) is 48.1 Å².